The van der Waals surface area contributed by atoms with Gasteiger partial charge in [-0.3, -0.25) is 0 Å². The lowest BCUT2D eigenvalue weighted by Gasteiger charge is -2.41. The van der Waals surface area contributed by atoms with Gasteiger partial charge in [-0.2, -0.15) is 0 Å². The quantitative estimate of drug-likeness (QED) is 0.376. The highest BCUT2D eigenvalue weighted by Crippen LogP contribution is 2.48. The molecule has 4 aliphatic rings. The zero-order valence-electron chi connectivity index (χ0n) is 18.2. The molecule has 0 aromatic rings. The van der Waals surface area contributed by atoms with Gasteiger partial charge in [-0.05, 0) is 64.2 Å². The number of quaternary nitrogens is 1. The van der Waals surface area contributed by atoms with Crippen molar-refractivity contribution in [2.45, 2.75) is 152 Å². The van der Waals surface area contributed by atoms with Crippen molar-refractivity contribution in [3.63, 3.8) is 0 Å². The molecule has 0 amide bonds. The molecule has 1 nitrogen and oxygen atoms in total. The van der Waals surface area contributed by atoms with Crippen LogP contribution in [-0.2, 0) is 0 Å². The maximum absolute atomic E-state index is 2.07. The van der Waals surface area contributed by atoms with E-state index >= 15 is 0 Å². The lowest BCUT2D eigenvalue weighted by Crippen LogP contribution is -3.19. The van der Waals surface area contributed by atoms with Crippen molar-refractivity contribution in [3.05, 3.63) is 0 Å². The minimum atomic E-state index is 1.03. The van der Waals surface area contributed by atoms with Gasteiger partial charge in [-0.15, -0.1) is 0 Å². The lowest BCUT2D eigenvalue weighted by atomic mass is 9.26. The van der Waals surface area contributed by atoms with Gasteiger partial charge in [0.1, 0.15) is 6.71 Å². The molecular weight excluding hydrogens is 325 g/mol. The van der Waals surface area contributed by atoms with Crippen molar-refractivity contribution >= 4 is 6.71 Å². The molecule has 0 spiro atoms. The Morgan fingerprint density at radius 2 is 1.04 bits per heavy atom. The SMILES string of the molecule is C1CCC([NH+](CCCCCB2C3CCCC2CCC3)C2CCCCC2)CC1. The van der Waals surface area contributed by atoms with Gasteiger partial charge in [0, 0.05) is 0 Å². The van der Waals surface area contributed by atoms with Crippen LogP contribution in [0.4, 0.5) is 0 Å². The minimum absolute atomic E-state index is 1.03. The second-order valence-electron chi connectivity index (χ2n) is 10.9. The second kappa shape index (κ2) is 10.7. The number of hydrogen-bond donors (Lipinski definition) is 1. The molecule has 2 heterocycles. The van der Waals surface area contributed by atoms with Crippen molar-refractivity contribution in [2.75, 3.05) is 6.54 Å². The summed E-state index contributed by atoms with van der Waals surface area (Å²) in [4.78, 5) is 2.07. The molecule has 4 rings (SSSR count). The summed E-state index contributed by atoms with van der Waals surface area (Å²) >= 11 is 0. The maximum atomic E-state index is 2.07. The Kier molecular flexibility index (Phi) is 8.05. The molecule has 0 radical (unpaired) electrons. The van der Waals surface area contributed by atoms with E-state index in [0.717, 1.165) is 30.4 Å². The highest BCUT2D eigenvalue weighted by atomic mass is 15.2. The first-order valence-corrected chi connectivity index (χ1v) is 13.3. The molecule has 2 saturated heterocycles. The summed E-state index contributed by atoms with van der Waals surface area (Å²) in [5.41, 5.74) is 0. The molecule has 2 heteroatoms. The average Bonchev–Trinajstić information content (AvgIpc) is 2.72. The predicted molar refractivity (Wildman–Crippen MR) is 119 cm³/mol. The van der Waals surface area contributed by atoms with Crippen LogP contribution < -0.4 is 4.90 Å². The van der Waals surface area contributed by atoms with Crippen molar-refractivity contribution in [1.82, 2.24) is 0 Å². The Hall–Kier alpha value is 0.0249. The molecule has 1 N–H and O–H groups in total. The van der Waals surface area contributed by atoms with Gasteiger partial charge in [0.05, 0.1) is 18.6 Å². The first kappa shape index (κ1) is 20.3. The highest BCUT2D eigenvalue weighted by Gasteiger charge is 2.38. The van der Waals surface area contributed by atoms with E-state index < -0.39 is 0 Å². The Labute approximate surface area is 170 Å². The Morgan fingerprint density at radius 1 is 0.519 bits per heavy atom. The van der Waals surface area contributed by atoms with Crippen molar-refractivity contribution in [1.29, 1.82) is 0 Å². The molecule has 2 saturated carbocycles. The molecule has 4 fully saturated rings. The van der Waals surface area contributed by atoms with Crippen LogP contribution in [0, 0.1) is 0 Å². The van der Waals surface area contributed by atoms with E-state index in [-0.39, 0.29) is 0 Å². The van der Waals surface area contributed by atoms with Crippen LogP contribution in [0.5, 0.6) is 0 Å². The van der Waals surface area contributed by atoms with Gasteiger partial charge < -0.3 is 4.90 Å². The Morgan fingerprint density at radius 3 is 1.56 bits per heavy atom. The topological polar surface area (TPSA) is 4.44 Å². The third-order valence-electron chi connectivity index (χ3n) is 9.27. The number of nitrogens with one attached hydrogen (secondary N) is 1. The minimum Gasteiger partial charge on any atom is -0.330 e. The summed E-state index contributed by atoms with van der Waals surface area (Å²) in [6.45, 7) is 2.64. The molecule has 0 aromatic heterocycles. The molecule has 0 aromatic carbocycles. The van der Waals surface area contributed by atoms with Crippen LogP contribution in [0.1, 0.15) is 122 Å². The molecule has 0 unspecified atom stereocenters. The summed E-state index contributed by atoms with van der Waals surface area (Å²) in [6.07, 6.45) is 30.8. The Bertz CT molecular complexity index is 373. The van der Waals surface area contributed by atoms with Gasteiger partial charge in [-0.1, -0.05) is 75.7 Å². The smallest absolute Gasteiger partial charge is 0.146 e. The zero-order chi connectivity index (χ0) is 18.3. The van der Waals surface area contributed by atoms with Crippen molar-refractivity contribution in [2.24, 2.45) is 0 Å². The Balaban J connectivity index is 1.20. The van der Waals surface area contributed by atoms with Crippen molar-refractivity contribution in [3.8, 4) is 0 Å². The molecular formula is C25H47BN+. The van der Waals surface area contributed by atoms with Gasteiger partial charge >= 0.3 is 0 Å². The van der Waals surface area contributed by atoms with E-state index in [1.165, 1.54) is 83.6 Å². The van der Waals surface area contributed by atoms with E-state index in [1.54, 1.807) is 51.3 Å². The largest absolute Gasteiger partial charge is 0.330 e. The second-order valence-corrected chi connectivity index (χ2v) is 10.9. The van der Waals surface area contributed by atoms with Crippen LogP contribution in [0.2, 0.25) is 18.0 Å². The molecule has 0 atom stereocenters. The first-order valence-electron chi connectivity index (χ1n) is 13.3. The number of hydrogen-bond acceptors (Lipinski definition) is 0. The summed E-state index contributed by atoms with van der Waals surface area (Å²) in [7, 11) is 0. The summed E-state index contributed by atoms with van der Waals surface area (Å²) < 4.78 is 0. The fourth-order valence-corrected chi connectivity index (χ4v) is 7.86. The molecule has 27 heavy (non-hydrogen) atoms. The standard InChI is InChI=1S/C25H46BN/c1-4-16-24(17-5-1)27(25-18-6-2-7-19-25)21-9-3-8-20-26-22-12-10-13-23(26)15-11-14-22/h22-25H,1-21H2/p+1. The average molecular weight is 372 g/mol. The summed E-state index contributed by atoms with van der Waals surface area (Å²) in [6, 6.07) is 2.05. The molecule has 2 bridgehead atoms. The number of rotatable bonds is 8. The van der Waals surface area contributed by atoms with E-state index in [0.29, 0.717) is 0 Å². The molecule has 154 valence electrons. The van der Waals surface area contributed by atoms with Crippen LogP contribution in [-0.4, -0.2) is 25.3 Å². The van der Waals surface area contributed by atoms with Crippen LogP contribution >= 0.6 is 0 Å². The molecule has 2 aliphatic carbocycles. The van der Waals surface area contributed by atoms with E-state index in [4.69, 9.17) is 0 Å². The van der Waals surface area contributed by atoms with Crippen LogP contribution in [0.25, 0.3) is 0 Å². The third kappa shape index (κ3) is 5.55. The zero-order valence-corrected chi connectivity index (χ0v) is 18.2. The summed E-state index contributed by atoms with van der Waals surface area (Å²) in [5, 5.41) is 0. The molecule has 2 aliphatic heterocycles. The summed E-state index contributed by atoms with van der Waals surface area (Å²) in [5.74, 6) is 2.26. The van der Waals surface area contributed by atoms with E-state index in [1.807, 2.05) is 0 Å². The van der Waals surface area contributed by atoms with Crippen LogP contribution in [0.3, 0.4) is 0 Å². The number of unbranched alkanes of at least 4 members (excludes halogenated alkanes) is 2. The van der Waals surface area contributed by atoms with E-state index in [9.17, 15) is 0 Å². The van der Waals surface area contributed by atoms with Gasteiger partial charge in [0.15, 0.2) is 0 Å². The monoisotopic (exact) mass is 372 g/mol. The predicted octanol–water partition coefficient (Wildman–Crippen LogP) is 6.31. The van der Waals surface area contributed by atoms with Crippen LogP contribution in [0.15, 0.2) is 0 Å². The van der Waals surface area contributed by atoms with Gasteiger partial charge in [-0.25, -0.2) is 0 Å². The highest BCUT2D eigenvalue weighted by molar-refractivity contribution is 6.62. The van der Waals surface area contributed by atoms with Crippen molar-refractivity contribution < 1.29 is 4.90 Å². The fourth-order valence-electron chi connectivity index (χ4n) is 7.86. The normalized spacial score (nSPS) is 30.8. The first-order chi connectivity index (χ1) is 13.4. The maximum Gasteiger partial charge on any atom is 0.146 e. The number of fused-ring (bicyclic) bond motifs is 2. The fraction of sp³-hybridized carbons (Fsp3) is 1.00. The van der Waals surface area contributed by atoms with Gasteiger partial charge in [0.25, 0.3) is 0 Å². The van der Waals surface area contributed by atoms with E-state index in [2.05, 4.69) is 4.90 Å². The third-order valence-corrected chi connectivity index (χ3v) is 9.27. The van der Waals surface area contributed by atoms with Gasteiger partial charge in [0.2, 0.25) is 0 Å². The lowest BCUT2D eigenvalue weighted by molar-refractivity contribution is -0.952.